The maximum Gasteiger partial charge on any atom is 0.229 e. The zero-order valence-electron chi connectivity index (χ0n) is 14.2. The van der Waals surface area contributed by atoms with Crippen molar-refractivity contribution in [3.63, 3.8) is 0 Å². The first kappa shape index (κ1) is 16.5. The number of nitrogen functional groups attached to an aromatic ring is 1. The van der Waals surface area contributed by atoms with E-state index in [1.165, 1.54) is 0 Å². The van der Waals surface area contributed by atoms with E-state index < -0.39 is 5.82 Å². The first-order valence-corrected chi connectivity index (χ1v) is 8.50. The van der Waals surface area contributed by atoms with Gasteiger partial charge in [0.15, 0.2) is 11.6 Å². The zero-order chi connectivity index (χ0) is 18.1. The molecule has 0 bridgehead atoms. The van der Waals surface area contributed by atoms with Crippen LogP contribution in [0.15, 0.2) is 24.4 Å². The minimum atomic E-state index is -0.664. The normalized spacial score (nSPS) is 18.2. The van der Waals surface area contributed by atoms with Gasteiger partial charge in [0, 0.05) is 24.2 Å². The lowest BCUT2D eigenvalue weighted by Gasteiger charge is -2.48. The molecule has 26 heavy (non-hydrogen) atoms. The first-order chi connectivity index (χ1) is 12.6. The fraction of sp³-hybridized carbons (Fsp3) is 0.389. The minimum Gasteiger partial charge on any atom is -0.381 e. The summed E-state index contributed by atoms with van der Waals surface area (Å²) in [5.41, 5.74) is 7.96. The molecule has 7 nitrogen and oxygen atoms in total. The number of aromatic nitrogens is 2. The summed E-state index contributed by atoms with van der Waals surface area (Å²) in [7, 11) is 0. The number of anilines is 4. The number of hydrogen-bond acceptors (Lipinski definition) is 7. The maximum atomic E-state index is 13.2. The highest BCUT2D eigenvalue weighted by Crippen LogP contribution is 2.40. The van der Waals surface area contributed by atoms with Crippen molar-refractivity contribution in [3.8, 4) is 6.07 Å². The van der Waals surface area contributed by atoms with Crippen molar-refractivity contribution in [1.82, 2.24) is 9.97 Å². The van der Waals surface area contributed by atoms with Crippen molar-refractivity contribution in [2.24, 2.45) is 5.41 Å². The number of rotatable bonds is 3. The van der Waals surface area contributed by atoms with Crippen LogP contribution in [0.3, 0.4) is 0 Å². The second-order valence-electron chi connectivity index (χ2n) is 6.88. The Bertz CT molecular complexity index is 866. The van der Waals surface area contributed by atoms with Crippen LogP contribution in [0.5, 0.6) is 0 Å². The molecule has 134 valence electrons. The van der Waals surface area contributed by atoms with Crippen molar-refractivity contribution >= 4 is 23.1 Å². The van der Waals surface area contributed by atoms with Crippen molar-refractivity contribution < 1.29 is 9.13 Å². The summed E-state index contributed by atoms with van der Waals surface area (Å²) < 4.78 is 18.5. The van der Waals surface area contributed by atoms with Crippen LogP contribution in [-0.4, -0.2) is 36.3 Å². The van der Waals surface area contributed by atoms with Crippen molar-refractivity contribution in [1.29, 1.82) is 5.26 Å². The predicted octanol–water partition coefficient (Wildman–Crippen LogP) is 2.43. The van der Waals surface area contributed by atoms with Crippen molar-refractivity contribution in [2.75, 3.05) is 42.3 Å². The van der Waals surface area contributed by atoms with E-state index in [4.69, 9.17) is 10.5 Å². The van der Waals surface area contributed by atoms with Gasteiger partial charge < -0.3 is 20.7 Å². The number of benzene rings is 1. The lowest BCUT2D eigenvalue weighted by molar-refractivity contribution is -0.124. The maximum absolute atomic E-state index is 13.2. The molecule has 1 spiro atoms. The standard InChI is InChI=1S/C18H19FN6O/c19-14-9-22-17(24-16(14)21)23-13-1-2-15(12(7-13)8-20)25-5-3-18(4-6-25)10-26-11-18/h1-2,7,9H,3-6,10-11H2,(H3,21,22,23,24). The predicted molar refractivity (Wildman–Crippen MR) is 95.5 cm³/mol. The Morgan fingerprint density at radius 2 is 2.08 bits per heavy atom. The van der Waals surface area contributed by atoms with Crippen LogP contribution in [0.2, 0.25) is 0 Å². The van der Waals surface area contributed by atoms with E-state index >= 15 is 0 Å². The van der Waals surface area contributed by atoms with Crippen LogP contribution < -0.4 is 16.0 Å². The monoisotopic (exact) mass is 354 g/mol. The molecule has 2 aliphatic rings. The van der Waals surface area contributed by atoms with Gasteiger partial charge >= 0.3 is 0 Å². The topological polar surface area (TPSA) is 100 Å². The highest BCUT2D eigenvalue weighted by molar-refractivity contribution is 5.67. The molecule has 0 amide bonds. The van der Waals surface area contributed by atoms with E-state index in [0.29, 0.717) is 16.7 Å². The van der Waals surface area contributed by atoms with Gasteiger partial charge in [0.1, 0.15) is 6.07 Å². The molecule has 2 aromatic rings. The van der Waals surface area contributed by atoms with E-state index in [0.717, 1.165) is 51.0 Å². The number of halogens is 1. The third-order valence-electron chi connectivity index (χ3n) is 5.13. The molecule has 0 aliphatic carbocycles. The number of nitriles is 1. The van der Waals surface area contributed by atoms with Crippen LogP contribution in [0.1, 0.15) is 18.4 Å². The number of hydrogen-bond donors (Lipinski definition) is 2. The van der Waals surface area contributed by atoms with Crippen LogP contribution in [-0.2, 0) is 4.74 Å². The van der Waals surface area contributed by atoms with Crippen molar-refractivity contribution in [2.45, 2.75) is 12.8 Å². The van der Waals surface area contributed by atoms with Gasteiger partial charge in [0.2, 0.25) is 5.95 Å². The molecule has 0 atom stereocenters. The van der Waals surface area contributed by atoms with Gasteiger partial charge in [-0.2, -0.15) is 10.2 Å². The Morgan fingerprint density at radius 3 is 2.69 bits per heavy atom. The summed E-state index contributed by atoms with van der Waals surface area (Å²) in [5.74, 6) is -0.698. The van der Waals surface area contributed by atoms with Crippen LogP contribution in [0.25, 0.3) is 0 Å². The largest absolute Gasteiger partial charge is 0.381 e. The third-order valence-corrected chi connectivity index (χ3v) is 5.13. The van der Waals surface area contributed by atoms with E-state index in [1.54, 1.807) is 6.07 Å². The van der Waals surface area contributed by atoms with Gasteiger partial charge in [0.05, 0.1) is 30.7 Å². The molecular formula is C18H19FN6O. The third kappa shape index (κ3) is 3.02. The molecule has 0 radical (unpaired) electrons. The summed E-state index contributed by atoms with van der Waals surface area (Å²) in [6, 6.07) is 7.78. The van der Waals surface area contributed by atoms with Crippen molar-refractivity contribution in [3.05, 3.63) is 35.8 Å². The molecule has 2 aliphatic heterocycles. The van der Waals surface area contributed by atoms with E-state index in [1.807, 2.05) is 12.1 Å². The number of nitrogens with two attached hydrogens (primary N) is 1. The lowest BCUT2D eigenvalue weighted by atomic mass is 9.76. The average Bonchev–Trinajstić information content (AvgIpc) is 2.63. The number of piperidine rings is 1. The molecule has 2 saturated heterocycles. The molecule has 1 aromatic heterocycles. The molecule has 8 heteroatoms. The molecule has 4 rings (SSSR count). The van der Waals surface area contributed by atoms with E-state index in [9.17, 15) is 9.65 Å². The second kappa shape index (κ2) is 6.42. The van der Waals surface area contributed by atoms with Gasteiger partial charge in [0.25, 0.3) is 0 Å². The molecule has 3 N–H and O–H groups in total. The fourth-order valence-corrected chi connectivity index (χ4v) is 3.45. The Morgan fingerprint density at radius 1 is 1.31 bits per heavy atom. The van der Waals surface area contributed by atoms with Gasteiger partial charge in [-0.1, -0.05) is 0 Å². The molecule has 3 heterocycles. The summed E-state index contributed by atoms with van der Waals surface area (Å²) >= 11 is 0. The Labute approximate surface area is 150 Å². The van der Waals surface area contributed by atoms with Gasteiger partial charge in [-0.25, -0.2) is 9.37 Å². The van der Waals surface area contributed by atoms with E-state index in [2.05, 4.69) is 26.3 Å². The first-order valence-electron chi connectivity index (χ1n) is 8.50. The highest BCUT2D eigenvalue weighted by Gasteiger charge is 2.41. The van der Waals surface area contributed by atoms with Crippen LogP contribution in [0.4, 0.5) is 27.5 Å². The van der Waals surface area contributed by atoms with Gasteiger partial charge in [-0.3, -0.25) is 0 Å². The van der Waals surface area contributed by atoms with E-state index in [-0.39, 0.29) is 11.8 Å². The number of nitrogens with one attached hydrogen (secondary N) is 1. The Kier molecular flexibility index (Phi) is 4.09. The smallest absolute Gasteiger partial charge is 0.229 e. The molecule has 0 saturated carbocycles. The fourth-order valence-electron chi connectivity index (χ4n) is 3.45. The molecule has 0 unspecified atom stereocenters. The Hall–Kier alpha value is -2.92. The van der Waals surface area contributed by atoms with Gasteiger partial charge in [-0.15, -0.1) is 0 Å². The number of ether oxygens (including phenoxy) is 1. The lowest BCUT2D eigenvalue weighted by Crippen LogP contribution is -2.51. The SMILES string of the molecule is N#Cc1cc(Nc2ncc(F)c(N)n2)ccc1N1CCC2(CC1)COC2. The highest BCUT2D eigenvalue weighted by atomic mass is 19.1. The summed E-state index contributed by atoms with van der Waals surface area (Å²) in [6.45, 7) is 3.55. The summed E-state index contributed by atoms with van der Waals surface area (Å²) in [5, 5.41) is 12.5. The zero-order valence-corrected chi connectivity index (χ0v) is 14.2. The summed E-state index contributed by atoms with van der Waals surface area (Å²) in [4.78, 5) is 9.94. The molecular weight excluding hydrogens is 335 g/mol. The van der Waals surface area contributed by atoms with Crippen LogP contribution >= 0.6 is 0 Å². The number of nitrogens with zero attached hydrogens (tertiary/aromatic N) is 4. The second-order valence-corrected chi connectivity index (χ2v) is 6.88. The van der Waals surface area contributed by atoms with Crippen LogP contribution in [0, 0.1) is 22.6 Å². The summed E-state index contributed by atoms with van der Waals surface area (Å²) in [6.07, 6.45) is 3.18. The average molecular weight is 354 g/mol. The minimum absolute atomic E-state index is 0.186. The molecule has 1 aromatic carbocycles. The molecule has 2 fully saturated rings. The van der Waals surface area contributed by atoms with Gasteiger partial charge in [-0.05, 0) is 31.0 Å². The Balaban J connectivity index is 1.51. The quantitative estimate of drug-likeness (QED) is 0.873.